The minimum atomic E-state index is -4.24. The summed E-state index contributed by atoms with van der Waals surface area (Å²) in [4.78, 5) is 6.43. The summed E-state index contributed by atoms with van der Waals surface area (Å²) in [5, 5.41) is 0.954. The molecule has 0 saturated heterocycles. The maximum Gasteiger partial charge on any atom is 0.249 e. The Morgan fingerprint density at radius 1 is 1.12 bits per heavy atom. The molecule has 1 N–H and O–H groups in total. The van der Waals surface area contributed by atoms with E-state index in [4.69, 9.17) is 0 Å². The number of hydrogen-bond acceptors (Lipinski definition) is 3. The highest BCUT2D eigenvalue weighted by atomic mass is 32.2. The highest BCUT2D eigenvalue weighted by Gasteiger charge is 2.31. The van der Waals surface area contributed by atoms with Crippen molar-refractivity contribution in [3.63, 3.8) is 0 Å². The van der Waals surface area contributed by atoms with Crippen LogP contribution in [-0.4, -0.2) is 35.8 Å². The fourth-order valence-corrected chi connectivity index (χ4v) is 4.68. The van der Waals surface area contributed by atoms with Gasteiger partial charge in [-0.3, -0.25) is 0 Å². The van der Waals surface area contributed by atoms with Gasteiger partial charge in [0.25, 0.3) is 0 Å². The van der Waals surface area contributed by atoms with Crippen molar-refractivity contribution >= 4 is 26.6 Å². The monoisotopic (exact) mass is 375 g/mol. The molecule has 5 nitrogen and oxygen atoms in total. The predicted molar refractivity (Wildman–Crippen MR) is 93.8 cm³/mol. The second kappa shape index (κ2) is 6.30. The van der Waals surface area contributed by atoms with Crippen LogP contribution >= 0.6 is 0 Å². The van der Waals surface area contributed by atoms with Crippen LogP contribution in [0.3, 0.4) is 0 Å². The third kappa shape index (κ3) is 2.71. The number of halogens is 2. The summed E-state index contributed by atoms with van der Waals surface area (Å²) >= 11 is 0. The van der Waals surface area contributed by atoms with E-state index in [1.807, 2.05) is 18.3 Å². The average molecular weight is 375 g/mol. The van der Waals surface area contributed by atoms with Gasteiger partial charge in [0.2, 0.25) is 10.0 Å². The molecule has 26 heavy (non-hydrogen) atoms. The molecular formula is C18H15F2N3O2S. The number of hydrogen-bond donors (Lipinski definition) is 1. The highest BCUT2D eigenvalue weighted by Crippen LogP contribution is 2.31. The van der Waals surface area contributed by atoms with Crippen molar-refractivity contribution in [2.24, 2.45) is 0 Å². The largest absolute Gasteiger partial charge is 0.346 e. The van der Waals surface area contributed by atoms with E-state index in [0.717, 1.165) is 44.7 Å². The smallest absolute Gasteiger partial charge is 0.249 e. The Kier molecular flexibility index (Phi) is 4.08. The molecule has 1 aliphatic rings. The van der Waals surface area contributed by atoms with Crippen molar-refractivity contribution in [2.45, 2.75) is 11.3 Å². The molecular weight excluding hydrogens is 360 g/mol. The van der Waals surface area contributed by atoms with Gasteiger partial charge in [0, 0.05) is 36.4 Å². The number of aromatic nitrogens is 2. The summed E-state index contributed by atoms with van der Waals surface area (Å²) in [5.74, 6) is -2.16. The topological polar surface area (TPSA) is 66.1 Å². The Bertz CT molecular complexity index is 1100. The van der Waals surface area contributed by atoms with Gasteiger partial charge in [-0.1, -0.05) is 12.1 Å². The van der Waals surface area contributed by atoms with Gasteiger partial charge in [-0.05, 0) is 36.3 Å². The number of nitrogens with zero attached hydrogens (tertiary/aromatic N) is 2. The summed E-state index contributed by atoms with van der Waals surface area (Å²) in [6, 6.07) is 6.80. The van der Waals surface area contributed by atoms with Gasteiger partial charge < -0.3 is 4.98 Å². The molecule has 0 aliphatic carbocycles. The Morgan fingerprint density at radius 2 is 1.88 bits per heavy atom. The van der Waals surface area contributed by atoms with Crippen molar-refractivity contribution in [3.8, 4) is 0 Å². The van der Waals surface area contributed by atoms with Gasteiger partial charge in [0.1, 0.15) is 17.3 Å². The van der Waals surface area contributed by atoms with Crippen molar-refractivity contribution in [1.82, 2.24) is 14.3 Å². The zero-order valence-corrected chi connectivity index (χ0v) is 14.4. The Labute approximate surface area is 149 Å². The Hall–Kier alpha value is -2.58. The first kappa shape index (κ1) is 16.9. The molecule has 8 heteroatoms. The van der Waals surface area contributed by atoms with Gasteiger partial charge in [-0.15, -0.1) is 0 Å². The normalized spacial score (nSPS) is 16.0. The van der Waals surface area contributed by atoms with Crippen LogP contribution in [0.4, 0.5) is 8.78 Å². The standard InChI is InChI=1S/C18H15F2N3O2S/c19-15-4-1-5-16(20)17(15)26(24,25)23-9-6-12(7-10-23)14-11-22-18-13(14)3-2-8-21-18/h1-6,8,11H,7,9-10H2,(H,21,22). The summed E-state index contributed by atoms with van der Waals surface area (Å²) in [7, 11) is -4.24. The third-order valence-corrected chi connectivity index (χ3v) is 6.40. The van der Waals surface area contributed by atoms with Crippen LogP contribution in [0.2, 0.25) is 0 Å². The van der Waals surface area contributed by atoms with E-state index in [2.05, 4.69) is 9.97 Å². The van der Waals surface area contributed by atoms with E-state index in [-0.39, 0.29) is 13.1 Å². The first-order valence-corrected chi connectivity index (χ1v) is 9.48. The lowest BCUT2D eigenvalue weighted by Gasteiger charge is -2.26. The molecule has 0 amide bonds. The van der Waals surface area contributed by atoms with Gasteiger partial charge >= 0.3 is 0 Å². The first-order chi connectivity index (χ1) is 12.5. The molecule has 4 rings (SSSR count). The summed E-state index contributed by atoms with van der Waals surface area (Å²) in [6.07, 6.45) is 5.74. The van der Waals surface area contributed by atoms with E-state index in [9.17, 15) is 17.2 Å². The third-order valence-electron chi connectivity index (χ3n) is 4.49. The summed E-state index contributed by atoms with van der Waals surface area (Å²) in [5.41, 5.74) is 2.69. The Balaban J connectivity index is 1.65. The lowest BCUT2D eigenvalue weighted by molar-refractivity contribution is 0.428. The van der Waals surface area contributed by atoms with E-state index in [1.165, 1.54) is 0 Å². The van der Waals surface area contributed by atoms with Crippen LogP contribution in [0.25, 0.3) is 16.6 Å². The zero-order chi connectivity index (χ0) is 18.3. The summed E-state index contributed by atoms with van der Waals surface area (Å²) in [6.45, 7) is 0.202. The second-order valence-corrected chi connectivity index (χ2v) is 7.87. The molecule has 2 aromatic heterocycles. The minimum Gasteiger partial charge on any atom is -0.346 e. The predicted octanol–water partition coefficient (Wildman–Crippen LogP) is 3.32. The molecule has 1 aromatic carbocycles. The van der Waals surface area contributed by atoms with E-state index in [1.54, 1.807) is 12.3 Å². The molecule has 0 bridgehead atoms. The van der Waals surface area contributed by atoms with Crippen LogP contribution in [-0.2, 0) is 10.0 Å². The quantitative estimate of drug-likeness (QED) is 0.764. The van der Waals surface area contributed by atoms with Gasteiger partial charge in [0.05, 0.1) is 0 Å². The van der Waals surface area contributed by atoms with Crippen LogP contribution < -0.4 is 0 Å². The SMILES string of the molecule is O=S(=O)(c1c(F)cccc1F)N1CC=C(c2c[nH]c3ncccc23)CC1. The van der Waals surface area contributed by atoms with Crippen LogP contribution in [0.5, 0.6) is 0 Å². The van der Waals surface area contributed by atoms with E-state index >= 15 is 0 Å². The number of pyridine rings is 1. The molecule has 0 fully saturated rings. The molecule has 0 radical (unpaired) electrons. The van der Waals surface area contributed by atoms with Gasteiger partial charge in [0.15, 0.2) is 4.90 Å². The van der Waals surface area contributed by atoms with Gasteiger partial charge in [-0.2, -0.15) is 4.31 Å². The summed E-state index contributed by atoms with van der Waals surface area (Å²) < 4.78 is 54.2. The molecule has 0 spiro atoms. The number of sulfonamides is 1. The number of benzene rings is 1. The molecule has 134 valence electrons. The van der Waals surface area contributed by atoms with Crippen molar-refractivity contribution in [3.05, 3.63) is 66.0 Å². The number of H-pyrrole nitrogens is 1. The van der Waals surface area contributed by atoms with Crippen LogP contribution in [0.1, 0.15) is 12.0 Å². The van der Waals surface area contributed by atoms with Crippen LogP contribution in [0.15, 0.2) is 53.7 Å². The number of nitrogens with one attached hydrogen (secondary N) is 1. The van der Waals surface area contributed by atoms with Crippen molar-refractivity contribution < 1.29 is 17.2 Å². The van der Waals surface area contributed by atoms with E-state index < -0.39 is 26.6 Å². The van der Waals surface area contributed by atoms with E-state index in [0.29, 0.717) is 6.42 Å². The molecule has 0 atom stereocenters. The minimum absolute atomic E-state index is 0.0539. The van der Waals surface area contributed by atoms with Crippen molar-refractivity contribution in [1.29, 1.82) is 0 Å². The number of fused-ring (bicyclic) bond motifs is 1. The fourth-order valence-electron chi connectivity index (χ4n) is 3.19. The maximum atomic E-state index is 13.9. The highest BCUT2D eigenvalue weighted by molar-refractivity contribution is 7.89. The number of rotatable bonds is 3. The fraction of sp³-hybridized carbons (Fsp3) is 0.167. The maximum absolute atomic E-state index is 13.9. The van der Waals surface area contributed by atoms with Crippen LogP contribution in [0, 0.1) is 11.6 Å². The number of aromatic amines is 1. The molecule has 1 aliphatic heterocycles. The lowest BCUT2D eigenvalue weighted by atomic mass is 10.0. The lowest BCUT2D eigenvalue weighted by Crippen LogP contribution is -2.35. The van der Waals surface area contributed by atoms with Crippen molar-refractivity contribution in [2.75, 3.05) is 13.1 Å². The molecule has 3 heterocycles. The zero-order valence-electron chi connectivity index (χ0n) is 13.6. The molecule has 0 unspecified atom stereocenters. The Morgan fingerprint density at radius 3 is 2.58 bits per heavy atom. The van der Waals surface area contributed by atoms with Gasteiger partial charge in [-0.25, -0.2) is 22.2 Å². The molecule has 0 saturated carbocycles. The second-order valence-electron chi connectivity index (χ2n) is 6.00. The molecule has 3 aromatic rings. The average Bonchev–Trinajstić information content (AvgIpc) is 3.05. The first-order valence-electron chi connectivity index (χ1n) is 8.04.